The first-order valence-electron chi connectivity index (χ1n) is 6.26. The van der Waals surface area contributed by atoms with Crippen LogP contribution < -0.4 is 0 Å². The van der Waals surface area contributed by atoms with Crippen LogP contribution in [0.2, 0.25) is 0 Å². The van der Waals surface area contributed by atoms with E-state index in [0.717, 1.165) is 17.8 Å². The molecule has 2 nitrogen and oxygen atoms in total. The standard InChI is InChI=1S/C15H18N2/c1-2-3-6-11-16-12-14-10-9-13-7-4-5-8-15(13)17-14/h4-5,7-10,12H,2-3,6,11H2,1H3. The molecule has 0 aliphatic carbocycles. The third-order valence-corrected chi connectivity index (χ3v) is 2.73. The normalized spacial score (nSPS) is 11.4. The average molecular weight is 226 g/mol. The SMILES string of the molecule is CCCCCN=Cc1ccc2ccccc2n1. The second-order valence-corrected chi connectivity index (χ2v) is 4.17. The zero-order chi connectivity index (χ0) is 11.9. The van der Waals surface area contributed by atoms with Gasteiger partial charge in [0.05, 0.1) is 11.2 Å². The summed E-state index contributed by atoms with van der Waals surface area (Å²) >= 11 is 0. The summed E-state index contributed by atoms with van der Waals surface area (Å²) in [5, 5.41) is 1.18. The van der Waals surface area contributed by atoms with Crippen molar-refractivity contribution in [3.05, 3.63) is 42.1 Å². The van der Waals surface area contributed by atoms with Gasteiger partial charge in [0, 0.05) is 18.1 Å². The van der Waals surface area contributed by atoms with Gasteiger partial charge in [-0.15, -0.1) is 0 Å². The number of hydrogen-bond acceptors (Lipinski definition) is 2. The lowest BCUT2D eigenvalue weighted by Crippen LogP contribution is -1.89. The summed E-state index contributed by atoms with van der Waals surface area (Å²) in [7, 11) is 0. The predicted molar refractivity (Wildman–Crippen MR) is 73.7 cm³/mol. The van der Waals surface area contributed by atoms with Crippen molar-refractivity contribution in [2.24, 2.45) is 4.99 Å². The fourth-order valence-corrected chi connectivity index (χ4v) is 1.76. The molecule has 0 unspecified atom stereocenters. The van der Waals surface area contributed by atoms with Crippen LogP contribution in [0.4, 0.5) is 0 Å². The van der Waals surface area contributed by atoms with Gasteiger partial charge in [-0.1, -0.05) is 44.0 Å². The maximum absolute atomic E-state index is 4.54. The fourth-order valence-electron chi connectivity index (χ4n) is 1.76. The van der Waals surface area contributed by atoms with Crippen molar-refractivity contribution in [3.63, 3.8) is 0 Å². The van der Waals surface area contributed by atoms with Crippen LogP contribution >= 0.6 is 0 Å². The van der Waals surface area contributed by atoms with E-state index < -0.39 is 0 Å². The van der Waals surface area contributed by atoms with Gasteiger partial charge in [-0.05, 0) is 18.6 Å². The van der Waals surface area contributed by atoms with Crippen LogP contribution in [0, 0.1) is 0 Å². The van der Waals surface area contributed by atoms with Gasteiger partial charge in [-0.2, -0.15) is 0 Å². The number of aliphatic imine (C=N–C) groups is 1. The molecule has 0 atom stereocenters. The predicted octanol–water partition coefficient (Wildman–Crippen LogP) is 3.84. The zero-order valence-electron chi connectivity index (χ0n) is 10.3. The topological polar surface area (TPSA) is 25.2 Å². The molecular weight excluding hydrogens is 208 g/mol. The summed E-state index contributed by atoms with van der Waals surface area (Å²) in [5.74, 6) is 0. The molecule has 0 amide bonds. The summed E-state index contributed by atoms with van der Waals surface area (Å²) in [5.41, 5.74) is 1.98. The molecule has 0 saturated carbocycles. The van der Waals surface area contributed by atoms with Crippen LogP contribution in [0.3, 0.4) is 0 Å². The first kappa shape index (κ1) is 11.8. The Morgan fingerprint density at radius 1 is 1.12 bits per heavy atom. The number of unbranched alkanes of at least 4 members (excludes halogenated alkanes) is 2. The molecule has 2 rings (SSSR count). The molecule has 1 aromatic heterocycles. The molecule has 17 heavy (non-hydrogen) atoms. The van der Waals surface area contributed by atoms with Gasteiger partial charge in [0.15, 0.2) is 0 Å². The van der Waals surface area contributed by atoms with E-state index >= 15 is 0 Å². The molecule has 0 spiro atoms. The summed E-state index contributed by atoms with van der Waals surface area (Å²) in [6.45, 7) is 3.11. The van der Waals surface area contributed by atoms with Crippen molar-refractivity contribution in [1.29, 1.82) is 0 Å². The molecule has 0 fully saturated rings. The highest BCUT2D eigenvalue weighted by Gasteiger charge is 1.94. The Kier molecular flexibility index (Phi) is 4.25. The van der Waals surface area contributed by atoms with E-state index in [-0.39, 0.29) is 0 Å². The number of pyridine rings is 1. The van der Waals surface area contributed by atoms with E-state index in [2.05, 4.69) is 29.0 Å². The minimum atomic E-state index is 0.905. The number of fused-ring (bicyclic) bond motifs is 1. The van der Waals surface area contributed by atoms with E-state index in [1.165, 1.54) is 24.6 Å². The molecule has 0 aliphatic rings. The van der Waals surface area contributed by atoms with Crippen LogP contribution in [0.5, 0.6) is 0 Å². The van der Waals surface area contributed by atoms with Crippen molar-refractivity contribution in [2.75, 3.05) is 6.54 Å². The third-order valence-electron chi connectivity index (χ3n) is 2.73. The molecule has 1 aromatic carbocycles. The second-order valence-electron chi connectivity index (χ2n) is 4.17. The Bertz CT molecular complexity index is 503. The molecule has 0 bridgehead atoms. The number of rotatable bonds is 5. The summed E-state index contributed by atoms with van der Waals surface area (Å²) in [4.78, 5) is 8.94. The summed E-state index contributed by atoms with van der Waals surface area (Å²) in [6.07, 6.45) is 5.54. The Labute approximate surface area is 102 Å². The maximum atomic E-state index is 4.54. The number of aromatic nitrogens is 1. The first-order chi connectivity index (χ1) is 8.40. The van der Waals surface area contributed by atoms with E-state index in [9.17, 15) is 0 Å². The highest BCUT2D eigenvalue weighted by Crippen LogP contribution is 2.10. The average Bonchev–Trinajstić information content (AvgIpc) is 2.38. The minimum Gasteiger partial charge on any atom is -0.291 e. The molecular formula is C15H18N2. The zero-order valence-corrected chi connectivity index (χ0v) is 10.3. The molecule has 2 aromatic rings. The van der Waals surface area contributed by atoms with E-state index in [4.69, 9.17) is 0 Å². The van der Waals surface area contributed by atoms with Gasteiger partial charge in [0.1, 0.15) is 0 Å². The minimum absolute atomic E-state index is 0.905. The Morgan fingerprint density at radius 3 is 2.88 bits per heavy atom. The molecule has 2 heteroatoms. The van der Waals surface area contributed by atoms with Crippen molar-refractivity contribution >= 4 is 17.1 Å². The lowest BCUT2D eigenvalue weighted by Gasteiger charge is -1.98. The molecule has 0 aliphatic heterocycles. The summed E-state index contributed by atoms with van der Waals surface area (Å²) < 4.78 is 0. The number of hydrogen-bond donors (Lipinski definition) is 0. The smallest absolute Gasteiger partial charge is 0.0815 e. The maximum Gasteiger partial charge on any atom is 0.0815 e. The van der Waals surface area contributed by atoms with Crippen LogP contribution in [-0.2, 0) is 0 Å². The second kappa shape index (κ2) is 6.14. The van der Waals surface area contributed by atoms with E-state index in [1.54, 1.807) is 0 Å². The molecule has 0 saturated heterocycles. The van der Waals surface area contributed by atoms with Crippen LogP contribution in [0.1, 0.15) is 31.9 Å². The largest absolute Gasteiger partial charge is 0.291 e. The van der Waals surface area contributed by atoms with Gasteiger partial charge >= 0.3 is 0 Å². The van der Waals surface area contributed by atoms with Crippen LogP contribution in [-0.4, -0.2) is 17.7 Å². The molecule has 0 N–H and O–H groups in total. The molecule has 88 valence electrons. The highest BCUT2D eigenvalue weighted by atomic mass is 14.8. The van der Waals surface area contributed by atoms with Gasteiger partial charge in [0.2, 0.25) is 0 Å². The number of para-hydroxylation sites is 1. The van der Waals surface area contributed by atoms with Crippen LogP contribution in [0.15, 0.2) is 41.4 Å². The summed E-state index contributed by atoms with van der Waals surface area (Å²) in [6, 6.07) is 12.3. The van der Waals surface area contributed by atoms with Crippen LogP contribution in [0.25, 0.3) is 10.9 Å². The van der Waals surface area contributed by atoms with Crippen molar-refractivity contribution in [1.82, 2.24) is 4.98 Å². The Balaban J connectivity index is 2.04. The van der Waals surface area contributed by atoms with Crippen molar-refractivity contribution in [3.8, 4) is 0 Å². The lowest BCUT2D eigenvalue weighted by atomic mass is 10.2. The third kappa shape index (κ3) is 3.38. The van der Waals surface area contributed by atoms with Gasteiger partial charge < -0.3 is 0 Å². The van der Waals surface area contributed by atoms with Crippen molar-refractivity contribution in [2.45, 2.75) is 26.2 Å². The Hall–Kier alpha value is -1.70. The van der Waals surface area contributed by atoms with E-state index in [0.29, 0.717) is 0 Å². The van der Waals surface area contributed by atoms with Gasteiger partial charge in [0.25, 0.3) is 0 Å². The Morgan fingerprint density at radius 2 is 2.00 bits per heavy atom. The van der Waals surface area contributed by atoms with Gasteiger partial charge in [-0.25, -0.2) is 4.98 Å². The van der Waals surface area contributed by atoms with Crippen molar-refractivity contribution < 1.29 is 0 Å². The highest BCUT2D eigenvalue weighted by molar-refractivity contribution is 5.84. The lowest BCUT2D eigenvalue weighted by molar-refractivity contribution is 0.729. The molecule has 1 heterocycles. The monoisotopic (exact) mass is 226 g/mol. The molecule has 0 radical (unpaired) electrons. The number of benzene rings is 1. The first-order valence-corrected chi connectivity index (χ1v) is 6.26. The van der Waals surface area contributed by atoms with Gasteiger partial charge in [-0.3, -0.25) is 4.99 Å². The fraction of sp³-hybridized carbons (Fsp3) is 0.333. The number of nitrogens with zero attached hydrogens (tertiary/aromatic N) is 2. The van der Waals surface area contributed by atoms with E-state index in [1.807, 2.05) is 30.5 Å². The quantitative estimate of drug-likeness (QED) is 0.561.